The van der Waals surface area contributed by atoms with Crippen LogP contribution in [0.2, 0.25) is 0 Å². The van der Waals surface area contributed by atoms with Gasteiger partial charge in [-0.05, 0) is 41.8 Å². The second kappa shape index (κ2) is 6.17. The Labute approximate surface area is 136 Å². The van der Waals surface area contributed by atoms with Crippen molar-refractivity contribution in [2.24, 2.45) is 0 Å². The van der Waals surface area contributed by atoms with Gasteiger partial charge in [0, 0.05) is 18.2 Å². The monoisotopic (exact) mass is 309 g/mol. The summed E-state index contributed by atoms with van der Waals surface area (Å²) >= 11 is 0. The molecule has 0 aromatic heterocycles. The molecule has 0 saturated carbocycles. The molecule has 118 valence electrons. The molecule has 0 spiro atoms. The van der Waals surface area contributed by atoms with Crippen LogP contribution in [0.4, 0.5) is 10.1 Å². The molecular weight excluding hydrogens is 287 g/mol. The summed E-state index contributed by atoms with van der Waals surface area (Å²) in [6, 6.07) is 15.6. The van der Waals surface area contributed by atoms with Crippen LogP contribution in [0, 0.1) is 5.82 Å². The molecule has 1 aliphatic carbocycles. The van der Waals surface area contributed by atoms with Crippen molar-refractivity contribution in [3.8, 4) is 0 Å². The van der Waals surface area contributed by atoms with Crippen molar-refractivity contribution in [3.63, 3.8) is 0 Å². The minimum absolute atomic E-state index is 0.163. The average molecular weight is 309 g/mol. The highest BCUT2D eigenvalue weighted by Gasteiger charge is 2.25. The zero-order valence-electron chi connectivity index (χ0n) is 13.3. The van der Waals surface area contributed by atoms with Gasteiger partial charge in [0.2, 0.25) is 0 Å². The summed E-state index contributed by atoms with van der Waals surface area (Å²) in [6.07, 6.45) is 4.72. The van der Waals surface area contributed by atoms with E-state index < -0.39 is 0 Å². The fourth-order valence-corrected chi connectivity index (χ4v) is 3.72. The van der Waals surface area contributed by atoms with E-state index in [0.29, 0.717) is 0 Å². The Kier molecular flexibility index (Phi) is 3.88. The third kappa shape index (κ3) is 3.02. The molecule has 0 unspecified atom stereocenters. The number of nitrogens with one attached hydrogen (secondary N) is 1. The summed E-state index contributed by atoms with van der Waals surface area (Å²) in [4.78, 5) is 3.97. The van der Waals surface area contributed by atoms with E-state index in [-0.39, 0.29) is 5.82 Å². The zero-order chi connectivity index (χ0) is 15.6. The van der Waals surface area contributed by atoms with E-state index in [0.717, 1.165) is 38.3 Å². The summed E-state index contributed by atoms with van der Waals surface area (Å²) in [6.45, 7) is 4.29. The third-order valence-corrected chi connectivity index (χ3v) is 5.06. The van der Waals surface area contributed by atoms with Crippen molar-refractivity contribution in [2.45, 2.75) is 12.8 Å². The zero-order valence-corrected chi connectivity index (χ0v) is 13.3. The van der Waals surface area contributed by atoms with Gasteiger partial charge in [0.15, 0.2) is 0 Å². The second-order valence-electron chi connectivity index (χ2n) is 6.44. The maximum atomic E-state index is 13.0. The lowest BCUT2D eigenvalue weighted by Crippen LogP contribution is -3.13. The minimum atomic E-state index is -0.163. The van der Waals surface area contributed by atoms with E-state index in [9.17, 15) is 4.39 Å². The summed E-state index contributed by atoms with van der Waals surface area (Å²) in [5.74, 6) is -0.163. The first-order chi connectivity index (χ1) is 11.3. The Balaban J connectivity index is 1.44. The van der Waals surface area contributed by atoms with Crippen LogP contribution in [0.3, 0.4) is 0 Å². The van der Waals surface area contributed by atoms with Gasteiger partial charge in [-0.15, -0.1) is 0 Å². The first-order valence-electron chi connectivity index (χ1n) is 8.44. The second-order valence-corrected chi connectivity index (χ2v) is 6.44. The van der Waals surface area contributed by atoms with Crippen LogP contribution in [0.25, 0.3) is 6.08 Å². The first-order valence-corrected chi connectivity index (χ1v) is 8.44. The molecule has 4 rings (SSSR count). The number of allylic oxidation sites excluding steroid dienone is 1. The van der Waals surface area contributed by atoms with Crippen LogP contribution in [0.15, 0.2) is 54.2 Å². The molecule has 0 atom stereocenters. The van der Waals surface area contributed by atoms with E-state index in [2.05, 4.69) is 35.2 Å². The largest absolute Gasteiger partial charge is 0.360 e. The van der Waals surface area contributed by atoms with Gasteiger partial charge < -0.3 is 9.80 Å². The number of aryl methyl sites for hydroxylation is 1. The predicted molar refractivity (Wildman–Crippen MR) is 92.0 cm³/mol. The van der Waals surface area contributed by atoms with E-state index >= 15 is 0 Å². The molecule has 3 heteroatoms. The van der Waals surface area contributed by atoms with Crippen LogP contribution in [0.1, 0.15) is 17.5 Å². The molecule has 0 amide bonds. The van der Waals surface area contributed by atoms with Gasteiger partial charge in [0.05, 0.1) is 26.2 Å². The highest BCUT2D eigenvalue weighted by Crippen LogP contribution is 2.21. The molecule has 1 fully saturated rings. The van der Waals surface area contributed by atoms with Crippen molar-refractivity contribution in [1.82, 2.24) is 0 Å². The number of anilines is 1. The lowest BCUT2D eigenvalue weighted by atomic mass is 9.94. The standard InChI is InChI=1S/C20H21FN2/c21-18-6-9-19(10-7-18)22-11-13-23(14-12-22)20-8-5-16-3-1-2-4-17(16)15-20/h1-4,6-7,9-10,15H,5,8,11-14H2/p+1. The molecule has 1 saturated heterocycles. The Bertz CT molecular complexity index is 713. The van der Waals surface area contributed by atoms with Crippen LogP contribution in [0.5, 0.6) is 0 Å². The molecular formula is C20H22FN2+. The molecule has 0 bridgehead atoms. The van der Waals surface area contributed by atoms with Gasteiger partial charge in [-0.2, -0.15) is 0 Å². The number of nitrogens with zero attached hydrogens (tertiary/aromatic N) is 1. The molecule has 1 aliphatic heterocycles. The maximum absolute atomic E-state index is 13.0. The summed E-state index contributed by atoms with van der Waals surface area (Å²) < 4.78 is 13.0. The quantitative estimate of drug-likeness (QED) is 0.896. The number of quaternary nitrogens is 1. The topological polar surface area (TPSA) is 7.68 Å². The van der Waals surface area contributed by atoms with Crippen molar-refractivity contribution in [3.05, 3.63) is 71.2 Å². The number of fused-ring (bicyclic) bond motifs is 1. The van der Waals surface area contributed by atoms with Gasteiger partial charge in [0.1, 0.15) is 11.5 Å². The molecule has 2 aromatic rings. The van der Waals surface area contributed by atoms with Crippen molar-refractivity contribution in [2.75, 3.05) is 31.1 Å². The van der Waals surface area contributed by atoms with Gasteiger partial charge >= 0.3 is 0 Å². The normalized spacial score (nSPS) is 18.5. The van der Waals surface area contributed by atoms with Crippen LogP contribution in [-0.2, 0) is 6.42 Å². The number of rotatable bonds is 2. The van der Waals surface area contributed by atoms with Crippen molar-refractivity contribution in [1.29, 1.82) is 0 Å². The highest BCUT2D eigenvalue weighted by atomic mass is 19.1. The van der Waals surface area contributed by atoms with Gasteiger partial charge in [-0.25, -0.2) is 4.39 Å². The molecule has 23 heavy (non-hydrogen) atoms. The van der Waals surface area contributed by atoms with Crippen molar-refractivity contribution >= 4 is 11.8 Å². The Hall–Kier alpha value is -2.13. The number of hydrogen-bond donors (Lipinski definition) is 1. The number of halogens is 1. The highest BCUT2D eigenvalue weighted by molar-refractivity contribution is 5.57. The van der Waals surface area contributed by atoms with E-state index in [1.54, 1.807) is 22.7 Å². The smallest absolute Gasteiger partial charge is 0.123 e. The summed E-state index contributed by atoms with van der Waals surface area (Å²) in [7, 11) is 0. The van der Waals surface area contributed by atoms with Gasteiger partial charge in [-0.3, -0.25) is 0 Å². The Morgan fingerprint density at radius 3 is 2.39 bits per heavy atom. The summed E-state index contributed by atoms with van der Waals surface area (Å²) in [5, 5.41) is 0. The molecule has 2 nitrogen and oxygen atoms in total. The molecule has 2 aliphatic rings. The van der Waals surface area contributed by atoms with Crippen LogP contribution in [-0.4, -0.2) is 26.2 Å². The molecule has 1 heterocycles. The Morgan fingerprint density at radius 1 is 0.870 bits per heavy atom. The number of hydrogen-bond acceptors (Lipinski definition) is 1. The average Bonchev–Trinajstić information content (AvgIpc) is 2.62. The van der Waals surface area contributed by atoms with Crippen LogP contribution < -0.4 is 9.80 Å². The maximum Gasteiger partial charge on any atom is 0.123 e. The van der Waals surface area contributed by atoms with Crippen molar-refractivity contribution < 1.29 is 9.29 Å². The fraction of sp³-hybridized carbons (Fsp3) is 0.300. The third-order valence-electron chi connectivity index (χ3n) is 5.06. The lowest BCUT2D eigenvalue weighted by molar-refractivity contribution is -0.862. The molecule has 1 N–H and O–H groups in total. The number of piperazine rings is 1. The summed E-state index contributed by atoms with van der Waals surface area (Å²) in [5.41, 5.74) is 5.54. The van der Waals surface area contributed by atoms with Crippen LogP contribution >= 0.6 is 0 Å². The van der Waals surface area contributed by atoms with E-state index in [1.165, 1.54) is 17.5 Å². The van der Waals surface area contributed by atoms with Gasteiger partial charge in [0.25, 0.3) is 0 Å². The SMILES string of the molecule is Fc1ccc(N2CC[NH+](C3=Cc4ccccc4CC3)CC2)cc1. The predicted octanol–water partition coefficient (Wildman–Crippen LogP) is 2.52. The molecule has 2 aromatic carbocycles. The minimum Gasteiger partial charge on any atom is -0.360 e. The van der Waals surface area contributed by atoms with E-state index in [1.807, 2.05) is 12.1 Å². The fourth-order valence-electron chi connectivity index (χ4n) is 3.72. The lowest BCUT2D eigenvalue weighted by Gasteiger charge is -2.35. The Morgan fingerprint density at radius 2 is 1.61 bits per heavy atom. The van der Waals surface area contributed by atoms with E-state index in [4.69, 9.17) is 0 Å². The van der Waals surface area contributed by atoms with Gasteiger partial charge in [-0.1, -0.05) is 24.3 Å². The first kappa shape index (κ1) is 14.5. The number of benzene rings is 2. The molecule has 0 radical (unpaired) electrons.